The van der Waals surface area contributed by atoms with Crippen LogP contribution in [-0.2, 0) is 17.8 Å². The molecule has 2 aromatic heterocycles. The summed E-state index contributed by atoms with van der Waals surface area (Å²) < 4.78 is 77.5. The van der Waals surface area contributed by atoms with Gasteiger partial charge in [0, 0.05) is 10.6 Å². The zero-order valence-corrected chi connectivity index (χ0v) is 22.1. The van der Waals surface area contributed by atoms with Gasteiger partial charge in [0.25, 0.3) is 0 Å². The molecule has 0 aliphatic heterocycles. The Labute approximate surface area is 237 Å². The van der Waals surface area contributed by atoms with E-state index < -0.39 is 49.9 Å². The molecule has 1 unspecified atom stereocenters. The molecule has 2 atom stereocenters. The standard InChI is InChI=1S/C24H21ClF5N7O5/c1-12(41-22(31)39)19-32-18(33-37(19)15-4-2-3-5-16(15)42-21(26)27)11-36-23(40)35(10-17(38)24(28,29)30)20(34-36)13-6-8-14(25)9-7-13/h2-9,12,17,21,38H,10-11H2,1H3,(H2,31,39)/t12?,17-/m0/s1. The average Bonchev–Trinajstić information content (AvgIpc) is 3.45. The molecule has 0 bridgehead atoms. The molecule has 3 N–H and O–H groups in total. The maximum atomic E-state index is 13.2. The number of aliphatic hydroxyl groups is 1. The first kappa shape index (κ1) is 30.4. The Bertz CT molecular complexity index is 1620. The summed E-state index contributed by atoms with van der Waals surface area (Å²) in [5.74, 6) is -0.834. The summed E-state index contributed by atoms with van der Waals surface area (Å²) in [5.41, 5.74) is 4.23. The Morgan fingerprint density at radius 3 is 2.40 bits per heavy atom. The number of aliphatic hydroxyl groups excluding tert-OH is 1. The van der Waals surface area contributed by atoms with Crippen molar-refractivity contribution in [1.29, 1.82) is 0 Å². The van der Waals surface area contributed by atoms with Gasteiger partial charge >= 0.3 is 24.6 Å². The summed E-state index contributed by atoms with van der Waals surface area (Å²) in [6, 6.07) is 11.2. The van der Waals surface area contributed by atoms with E-state index in [0.29, 0.717) is 9.59 Å². The van der Waals surface area contributed by atoms with Crippen molar-refractivity contribution in [1.82, 2.24) is 29.1 Å². The Kier molecular flexibility index (Phi) is 8.81. The molecule has 0 aliphatic rings. The van der Waals surface area contributed by atoms with Crippen LogP contribution in [0.2, 0.25) is 5.02 Å². The molecule has 0 radical (unpaired) electrons. The fourth-order valence-corrected chi connectivity index (χ4v) is 3.99. The Morgan fingerprint density at radius 2 is 1.79 bits per heavy atom. The first-order valence-electron chi connectivity index (χ1n) is 11.9. The van der Waals surface area contributed by atoms with Crippen LogP contribution in [-0.4, -0.2) is 59.2 Å². The molecule has 224 valence electrons. The predicted octanol–water partition coefficient (Wildman–Crippen LogP) is 3.68. The Morgan fingerprint density at radius 1 is 1.12 bits per heavy atom. The molecule has 4 rings (SSSR count). The first-order chi connectivity index (χ1) is 19.7. The van der Waals surface area contributed by atoms with Crippen molar-refractivity contribution in [2.24, 2.45) is 5.73 Å². The molecule has 42 heavy (non-hydrogen) atoms. The van der Waals surface area contributed by atoms with Crippen molar-refractivity contribution in [3.63, 3.8) is 0 Å². The van der Waals surface area contributed by atoms with Crippen molar-refractivity contribution in [3.05, 3.63) is 75.7 Å². The summed E-state index contributed by atoms with van der Waals surface area (Å²) >= 11 is 5.90. The number of rotatable bonds is 10. The molecule has 18 heteroatoms. The lowest BCUT2D eigenvalue weighted by Gasteiger charge is -2.15. The van der Waals surface area contributed by atoms with Crippen molar-refractivity contribution < 1.29 is 41.3 Å². The van der Waals surface area contributed by atoms with E-state index in [1.807, 2.05) is 0 Å². The third-order valence-corrected chi connectivity index (χ3v) is 5.94. The molecule has 1 amide bonds. The normalized spacial score (nSPS) is 13.3. The van der Waals surface area contributed by atoms with Gasteiger partial charge in [-0.1, -0.05) is 23.7 Å². The van der Waals surface area contributed by atoms with Gasteiger partial charge in [-0.2, -0.15) is 22.0 Å². The van der Waals surface area contributed by atoms with E-state index in [2.05, 4.69) is 19.9 Å². The minimum Gasteiger partial charge on any atom is -0.438 e. The molecule has 0 aliphatic carbocycles. The van der Waals surface area contributed by atoms with Crippen molar-refractivity contribution in [3.8, 4) is 22.8 Å². The lowest BCUT2D eigenvalue weighted by molar-refractivity contribution is -0.207. The van der Waals surface area contributed by atoms with E-state index in [-0.39, 0.29) is 34.5 Å². The highest BCUT2D eigenvalue weighted by atomic mass is 35.5. The van der Waals surface area contributed by atoms with E-state index in [1.165, 1.54) is 55.5 Å². The minimum absolute atomic E-state index is 0.0421. The van der Waals surface area contributed by atoms with Crippen LogP contribution in [0.15, 0.2) is 53.3 Å². The number of nitrogens with two attached hydrogens (primary N) is 1. The minimum atomic E-state index is -5.03. The second-order valence-electron chi connectivity index (χ2n) is 8.66. The van der Waals surface area contributed by atoms with Crippen LogP contribution in [0.25, 0.3) is 17.1 Å². The second-order valence-corrected chi connectivity index (χ2v) is 9.10. The van der Waals surface area contributed by atoms with Gasteiger partial charge in [-0.15, -0.1) is 10.2 Å². The molecular weight excluding hydrogens is 597 g/mol. The van der Waals surface area contributed by atoms with Crippen molar-refractivity contribution in [2.45, 2.75) is 45.0 Å². The van der Waals surface area contributed by atoms with Crippen LogP contribution in [0.4, 0.5) is 26.7 Å². The predicted molar refractivity (Wildman–Crippen MR) is 135 cm³/mol. The summed E-state index contributed by atoms with van der Waals surface area (Å²) in [7, 11) is 0. The molecule has 0 spiro atoms. The van der Waals surface area contributed by atoms with E-state index in [9.17, 15) is 36.6 Å². The number of nitrogens with zero attached hydrogens (tertiary/aromatic N) is 6. The number of carbonyl (C=O) groups excluding carboxylic acids is 1. The van der Waals surface area contributed by atoms with Crippen LogP contribution in [0, 0.1) is 0 Å². The SMILES string of the molecule is CC(OC(N)=O)c1nc(Cn2nc(-c3ccc(Cl)cc3)n(C[C@H](O)C(F)(F)F)c2=O)nn1-c1ccccc1OC(F)F. The Balaban J connectivity index is 1.81. The van der Waals surface area contributed by atoms with Crippen LogP contribution < -0.4 is 16.2 Å². The maximum Gasteiger partial charge on any atom is 0.416 e. The van der Waals surface area contributed by atoms with Gasteiger partial charge in [-0.05, 0) is 43.3 Å². The number of aromatic nitrogens is 6. The molecule has 2 aromatic carbocycles. The van der Waals surface area contributed by atoms with Gasteiger partial charge in [0.2, 0.25) is 0 Å². The molecule has 0 saturated heterocycles. The number of para-hydroxylation sites is 2. The average molecular weight is 618 g/mol. The molecule has 0 fully saturated rings. The third kappa shape index (κ3) is 6.85. The zero-order chi connectivity index (χ0) is 30.8. The number of alkyl halides is 5. The Hall–Kier alpha value is -4.51. The molecular formula is C24H21ClF5N7O5. The number of amides is 1. The van der Waals surface area contributed by atoms with E-state index >= 15 is 0 Å². The molecule has 4 aromatic rings. The van der Waals surface area contributed by atoms with Crippen LogP contribution >= 0.6 is 11.6 Å². The van der Waals surface area contributed by atoms with Crippen LogP contribution in [0.3, 0.4) is 0 Å². The number of hydrogen-bond donors (Lipinski definition) is 2. The summed E-state index contributed by atoms with van der Waals surface area (Å²) in [5, 5.41) is 18.3. The molecule has 2 heterocycles. The van der Waals surface area contributed by atoms with Gasteiger partial charge in [0.05, 0.1) is 6.54 Å². The monoisotopic (exact) mass is 617 g/mol. The lowest BCUT2D eigenvalue weighted by Crippen LogP contribution is -2.37. The summed E-state index contributed by atoms with van der Waals surface area (Å²) in [6.45, 7) is -3.54. The van der Waals surface area contributed by atoms with Gasteiger partial charge < -0.3 is 20.3 Å². The van der Waals surface area contributed by atoms with Gasteiger partial charge in [-0.3, -0.25) is 4.57 Å². The number of carbonyl (C=O) groups is 1. The fraction of sp³-hybridized carbons (Fsp3) is 0.292. The van der Waals surface area contributed by atoms with Crippen molar-refractivity contribution in [2.75, 3.05) is 0 Å². The largest absolute Gasteiger partial charge is 0.438 e. The number of hydrogen-bond acceptors (Lipinski definition) is 8. The highest BCUT2D eigenvalue weighted by molar-refractivity contribution is 6.30. The number of benzene rings is 2. The lowest BCUT2D eigenvalue weighted by atomic mass is 10.2. The van der Waals surface area contributed by atoms with E-state index in [1.54, 1.807) is 0 Å². The van der Waals surface area contributed by atoms with Gasteiger partial charge in [0.15, 0.2) is 35.4 Å². The van der Waals surface area contributed by atoms with Gasteiger partial charge in [-0.25, -0.2) is 23.9 Å². The highest BCUT2D eigenvalue weighted by Crippen LogP contribution is 2.28. The number of primary amides is 1. The smallest absolute Gasteiger partial charge is 0.416 e. The van der Waals surface area contributed by atoms with E-state index in [4.69, 9.17) is 22.1 Å². The topological polar surface area (TPSA) is 152 Å². The van der Waals surface area contributed by atoms with Gasteiger partial charge in [0.1, 0.15) is 12.2 Å². The van der Waals surface area contributed by atoms with Crippen LogP contribution in [0.5, 0.6) is 5.75 Å². The highest BCUT2D eigenvalue weighted by Gasteiger charge is 2.39. The maximum absolute atomic E-state index is 13.2. The molecule has 12 nitrogen and oxygen atoms in total. The number of halogens is 6. The van der Waals surface area contributed by atoms with E-state index in [0.717, 1.165) is 9.36 Å². The fourth-order valence-electron chi connectivity index (χ4n) is 3.86. The summed E-state index contributed by atoms with van der Waals surface area (Å²) in [4.78, 5) is 28.9. The third-order valence-electron chi connectivity index (χ3n) is 5.69. The quantitative estimate of drug-likeness (QED) is 0.256. The zero-order valence-electron chi connectivity index (χ0n) is 21.4. The second kappa shape index (κ2) is 12.2. The number of ether oxygens (including phenoxy) is 2. The first-order valence-corrected chi connectivity index (χ1v) is 12.3. The van der Waals surface area contributed by atoms with Crippen molar-refractivity contribution >= 4 is 17.7 Å². The molecule has 0 saturated carbocycles. The summed E-state index contributed by atoms with van der Waals surface area (Å²) in [6.07, 6.45) is -10.3. The van der Waals surface area contributed by atoms with Crippen LogP contribution in [0.1, 0.15) is 24.7 Å².